The number of benzene rings is 4. The third-order valence-electron chi connectivity index (χ3n) is 9.26. The average molecular weight is 668 g/mol. The first kappa shape index (κ1) is 31.8. The zero-order valence-electron chi connectivity index (χ0n) is 26.3. The Morgan fingerprint density at radius 2 is 1.62 bits per heavy atom. The molecule has 2 fully saturated rings. The van der Waals surface area contributed by atoms with E-state index in [1.165, 1.54) is 6.07 Å². The van der Waals surface area contributed by atoms with Crippen molar-refractivity contribution in [1.29, 1.82) is 0 Å². The summed E-state index contributed by atoms with van der Waals surface area (Å²) in [5.41, 5.74) is 4.89. The SMILES string of the molecule is O=C(O)c1ccc2c(c1)nc(-c1ccc(OCc3cc(C(=O)N4CCOCC4)ccc3-c3ccc(Cl)cc3)cc1F)n2C1CCCCC1. The zero-order valence-corrected chi connectivity index (χ0v) is 27.1. The van der Waals surface area contributed by atoms with Gasteiger partial charge >= 0.3 is 5.97 Å². The molecule has 1 saturated carbocycles. The van der Waals surface area contributed by atoms with E-state index in [2.05, 4.69) is 4.57 Å². The summed E-state index contributed by atoms with van der Waals surface area (Å²) >= 11 is 6.15. The predicted molar refractivity (Wildman–Crippen MR) is 182 cm³/mol. The highest BCUT2D eigenvalue weighted by atomic mass is 35.5. The van der Waals surface area contributed by atoms with Crippen molar-refractivity contribution in [2.45, 2.75) is 44.8 Å². The van der Waals surface area contributed by atoms with Gasteiger partial charge in [0.2, 0.25) is 0 Å². The molecule has 1 aromatic heterocycles. The molecule has 0 bridgehead atoms. The number of amides is 1. The van der Waals surface area contributed by atoms with E-state index in [-0.39, 0.29) is 24.1 Å². The van der Waals surface area contributed by atoms with Gasteiger partial charge in [-0.2, -0.15) is 0 Å². The molecule has 246 valence electrons. The summed E-state index contributed by atoms with van der Waals surface area (Å²) in [6.45, 7) is 2.17. The van der Waals surface area contributed by atoms with Gasteiger partial charge in [-0.1, -0.05) is 49.1 Å². The molecule has 1 N–H and O–H groups in total. The van der Waals surface area contributed by atoms with Crippen molar-refractivity contribution in [3.8, 4) is 28.3 Å². The number of nitrogens with zero attached hydrogens (tertiary/aromatic N) is 3. The monoisotopic (exact) mass is 667 g/mol. The Hall–Kier alpha value is -4.73. The molecule has 2 heterocycles. The van der Waals surface area contributed by atoms with Crippen molar-refractivity contribution < 1.29 is 28.6 Å². The first-order valence-electron chi connectivity index (χ1n) is 16.3. The fourth-order valence-corrected chi connectivity index (χ4v) is 6.89. The van der Waals surface area contributed by atoms with E-state index in [0.717, 1.165) is 54.3 Å². The minimum Gasteiger partial charge on any atom is -0.489 e. The average Bonchev–Trinajstić information content (AvgIpc) is 3.50. The molecule has 1 saturated heterocycles. The number of aromatic nitrogens is 2. The van der Waals surface area contributed by atoms with E-state index >= 15 is 4.39 Å². The van der Waals surface area contributed by atoms with Crippen LogP contribution in [0.5, 0.6) is 5.75 Å². The number of fused-ring (bicyclic) bond motifs is 1. The highest BCUT2D eigenvalue weighted by Gasteiger charge is 2.25. The molecule has 4 aromatic carbocycles. The van der Waals surface area contributed by atoms with Crippen LogP contribution in [0, 0.1) is 5.82 Å². The van der Waals surface area contributed by atoms with Gasteiger partial charge in [0.15, 0.2) is 0 Å². The van der Waals surface area contributed by atoms with E-state index in [1.807, 2.05) is 42.5 Å². The van der Waals surface area contributed by atoms with Crippen molar-refractivity contribution in [3.63, 3.8) is 0 Å². The van der Waals surface area contributed by atoms with Crippen molar-refractivity contribution >= 4 is 34.5 Å². The van der Waals surface area contributed by atoms with E-state index in [4.69, 9.17) is 26.1 Å². The number of carboxylic acid groups (broad SMARTS) is 1. The first-order valence-corrected chi connectivity index (χ1v) is 16.7. The minimum absolute atomic E-state index is 0.0751. The molecule has 1 aliphatic heterocycles. The van der Waals surface area contributed by atoms with E-state index in [0.29, 0.717) is 59.5 Å². The molecule has 0 radical (unpaired) electrons. The van der Waals surface area contributed by atoms with Crippen LogP contribution < -0.4 is 4.74 Å². The Morgan fingerprint density at radius 3 is 2.35 bits per heavy atom. The summed E-state index contributed by atoms with van der Waals surface area (Å²) in [6, 6.07) is 22.8. The molecule has 1 amide bonds. The fourth-order valence-electron chi connectivity index (χ4n) is 6.76. The fraction of sp³-hybridized carbons (Fsp3) is 0.289. The van der Waals surface area contributed by atoms with Crippen LogP contribution in [0.1, 0.15) is 64.4 Å². The molecular formula is C38H35ClFN3O5. The van der Waals surface area contributed by atoms with Gasteiger partial charge in [0.1, 0.15) is 24.0 Å². The van der Waals surface area contributed by atoms with Gasteiger partial charge in [-0.25, -0.2) is 14.2 Å². The van der Waals surface area contributed by atoms with Gasteiger partial charge in [0, 0.05) is 35.8 Å². The molecule has 0 atom stereocenters. The lowest BCUT2D eigenvalue weighted by atomic mass is 9.94. The highest BCUT2D eigenvalue weighted by molar-refractivity contribution is 6.30. The second-order valence-corrected chi connectivity index (χ2v) is 12.8. The Balaban J connectivity index is 1.20. The normalized spacial score (nSPS) is 15.5. The third kappa shape index (κ3) is 6.53. The topological polar surface area (TPSA) is 93.9 Å². The van der Waals surface area contributed by atoms with Crippen LogP contribution in [0.4, 0.5) is 4.39 Å². The summed E-state index contributed by atoms with van der Waals surface area (Å²) in [6.07, 6.45) is 5.20. The number of aromatic carboxylic acids is 1. The van der Waals surface area contributed by atoms with Crippen molar-refractivity contribution in [3.05, 3.63) is 106 Å². The number of carbonyl (C=O) groups is 2. The molecular weight excluding hydrogens is 633 g/mol. The van der Waals surface area contributed by atoms with Crippen LogP contribution >= 0.6 is 11.6 Å². The number of imidazole rings is 1. The van der Waals surface area contributed by atoms with Crippen LogP contribution in [0.25, 0.3) is 33.5 Å². The molecule has 1 aliphatic carbocycles. The van der Waals surface area contributed by atoms with Crippen molar-refractivity contribution in [2.75, 3.05) is 26.3 Å². The Kier molecular flexibility index (Phi) is 9.15. The van der Waals surface area contributed by atoms with E-state index in [1.54, 1.807) is 35.2 Å². The standard InChI is InChI=1S/C38H35ClFN3O5/c39-28-10-6-24(7-11-28)31-13-8-25(37(44)42-16-18-47-19-17-42)20-27(31)23-48-30-12-14-32(33(40)22-30)36-41-34-21-26(38(45)46)9-15-35(34)43(36)29-4-2-1-3-5-29/h6-15,20-22,29H,1-5,16-19,23H2,(H,45,46). The number of carboxylic acids is 1. The lowest BCUT2D eigenvalue weighted by Gasteiger charge is -2.27. The Bertz CT molecular complexity index is 1980. The lowest BCUT2D eigenvalue weighted by molar-refractivity contribution is 0.0303. The molecule has 2 aliphatic rings. The van der Waals surface area contributed by atoms with Gasteiger partial charge in [0.25, 0.3) is 5.91 Å². The number of hydrogen-bond donors (Lipinski definition) is 1. The van der Waals surface area contributed by atoms with Gasteiger partial charge in [-0.3, -0.25) is 4.79 Å². The first-order chi connectivity index (χ1) is 23.4. The van der Waals surface area contributed by atoms with E-state index in [9.17, 15) is 14.7 Å². The lowest BCUT2D eigenvalue weighted by Crippen LogP contribution is -2.40. The molecule has 10 heteroatoms. The summed E-state index contributed by atoms with van der Waals surface area (Å²) < 4.78 is 29.7. The smallest absolute Gasteiger partial charge is 0.335 e. The van der Waals surface area contributed by atoms with Gasteiger partial charge in [-0.15, -0.1) is 0 Å². The van der Waals surface area contributed by atoms with Gasteiger partial charge in [-0.05, 0) is 84.1 Å². The summed E-state index contributed by atoms with van der Waals surface area (Å²) in [7, 11) is 0. The number of morpholine rings is 1. The summed E-state index contributed by atoms with van der Waals surface area (Å²) in [5.74, 6) is -0.797. The summed E-state index contributed by atoms with van der Waals surface area (Å²) in [4.78, 5) is 31.5. The van der Waals surface area contributed by atoms with Gasteiger partial charge < -0.3 is 24.0 Å². The number of carbonyl (C=O) groups excluding carboxylic acids is 1. The maximum Gasteiger partial charge on any atom is 0.335 e. The van der Waals surface area contributed by atoms with Crippen LogP contribution in [0.2, 0.25) is 5.02 Å². The predicted octanol–water partition coefficient (Wildman–Crippen LogP) is 8.42. The van der Waals surface area contributed by atoms with Crippen LogP contribution in [0.3, 0.4) is 0 Å². The molecule has 48 heavy (non-hydrogen) atoms. The largest absolute Gasteiger partial charge is 0.489 e. The van der Waals surface area contributed by atoms with Crippen LogP contribution in [-0.4, -0.2) is 57.7 Å². The molecule has 0 spiro atoms. The number of ether oxygens (including phenoxy) is 2. The second kappa shape index (κ2) is 13.8. The third-order valence-corrected chi connectivity index (χ3v) is 9.51. The van der Waals surface area contributed by atoms with Crippen molar-refractivity contribution in [1.82, 2.24) is 14.5 Å². The van der Waals surface area contributed by atoms with Crippen molar-refractivity contribution in [2.24, 2.45) is 0 Å². The molecule has 0 unspecified atom stereocenters. The van der Waals surface area contributed by atoms with Crippen LogP contribution in [0.15, 0.2) is 78.9 Å². The quantitative estimate of drug-likeness (QED) is 0.179. The number of rotatable bonds is 8. The minimum atomic E-state index is -1.03. The molecule has 8 nitrogen and oxygen atoms in total. The Labute approximate surface area is 282 Å². The van der Waals surface area contributed by atoms with Gasteiger partial charge in [0.05, 0.1) is 35.4 Å². The molecule has 5 aromatic rings. The maximum absolute atomic E-state index is 16.0. The second-order valence-electron chi connectivity index (χ2n) is 12.3. The summed E-state index contributed by atoms with van der Waals surface area (Å²) in [5, 5.41) is 10.2. The number of halogens is 2. The Morgan fingerprint density at radius 1 is 0.896 bits per heavy atom. The van der Waals surface area contributed by atoms with Crippen LogP contribution in [-0.2, 0) is 11.3 Å². The maximum atomic E-state index is 16.0. The zero-order chi connectivity index (χ0) is 33.2. The number of hydrogen-bond acceptors (Lipinski definition) is 5. The highest BCUT2D eigenvalue weighted by Crippen LogP contribution is 2.38. The molecule has 7 rings (SSSR count). The van der Waals surface area contributed by atoms with E-state index < -0.39 is 11.8 Å².